The monoisotopic (exact) mass is 272 g/mol. The lowest BCUT2D eigenvalue weighted by molar-refractivity contribution is 0.0913. The van der Waals surface area contributed by atoms with Crippen molar-refractivity contribution in [2.75, 3.05) is 5.32 Å². The minimum Gasteiger partial charge on any atom is -0.327 e. The van der Waals surface area contributed by atoms with Crippen LogP contribution in [0.15, 0.2) is 24.4 Å². The predicted octanol–water partition coefficient (Wildman–Crippen LogP) is 2.07. The van der Waals surface area contributed by atoms with Crippen molar-refractivity contribution in [2.45, 2.75) is 26.3 Å². The number of carbonyl (C=O) groups is 2. The highest BCUT2D eigenvalue weighted by atomic mass is 16.2. The van der Waals surface area contributed by atoms with Crippen molar-refractivity contribution in [1.29, 1.82) is 0 Å². The largest absolute Gasteiger partial charge is 0.327 e. The minimum atomic E-state index is -0.527. The smallest absolute Gasteiger partial charge is 0.321 e. The lowest BCUT2D eigenvalue weighted by atomic mass is 9.94. The molecular formula is C14H16N4O2. The van der Waals surface area contributed by atoms with Crippen molar-refractivity contribution in [3.63, 3.8) is 0 Å². The molecule has 1 aliphatic rings. The fraction of sp³-hybridized carbons (Fsp3) is 0.357. The third-order valence-electron chi connectivity index (χ3n) is 3.78. The standard InChI is InChI=1S/C14H16N4O2/c1-3-8(2)10-12(19)11-13(17-14(20)16-10)15-9-6-4-5-7-18(9)11/h4-8,10H,3H2,1-2H3,(H2,16,17,20)/t8-,10-/m1/s1. The number of nitrogens with zero attached hydrogens (tertiary/aromatic N) is 2. The van der Waals surface area contributed by atoms with Gasteiger partial charge in [0.05, 0.1) is 6.04 Å². The molecule has 0 fully saturated rings. The summed E-state index contributed by atoms with van der Waals surface area (Å²) in [6.07, 6.45) is 2.59. The summed E-state index contributed by atoms with van der Waals surface area (Å²) in [4.78, 5) is 28.9. The zero-order chi connectivity index (χ0) is 14.3. The highest BCUT2D eigenvalue weighted by Crippen LogP contribution is 2.24. The Bertz CT molecular complexity index is 692. The van der Waals surface area contributed by atoms with Gasteiger partial charge < -0.3 is 5.32 Å². The van der Waals surface area contributed by atoms with Crippen LogP contribution in [0.5, 0.6) is 0 Å². The Morgan fingerprint density at radius 1 is 1.40 bits per heavy atom. The van der Waals surface area contributed by atoms with Gasteiger partial charge in [0.1, 0.15) is 11.3 Å². The van der Waals surface area contributed by atoms with Crippen LogP contribution in [0.25, 0.3) is 5.65 Å². The van der Waals surface area contributed by atoms with Crippen molar-refractivity contribution in [1.82, 2.24) is 14.7 Å². The highest BCUT2D eigenvalue weighted by Gasteiger charge is 2.34. The number of rotatable bonds is 2. The predicted molar refractivity (Wildman–Crippen MR) is 74.9 cm³/mol. The van der Waals surface area contributed by atoms with Crippen LogP contribution in [0, 0.1) is 5.92 Å². The Morgan fingerprint density at radius 2 is 2.20 bits per heavy atom. The van der Waals surface area contributed by atoms with E-state index in [4.69, 9.17) is 0 Å². The van der Waals surface area contributed by atoms with E-state index in [0.717, 1.165) is 6.42 Å². The molecule has 2 aromatic rings. The molecule has 1 aliphatic heterocycles. The zero-order valence-corrected chi connectivity index (χ0v) is 11.4. The Morgan fingerprint density at radius 3 is 2.95 bits per heavy atom. The first-order valence-corrected chi connectivity index (χ1v) is 6.70. The molecule has 0 unspecified atom stereocenters. The molecule has 3 heterocycles. The second kappa shape index (κ2) is 4.63. The second-order valence-electron chi connectivity index (χ2n) is 5.06. The van der Waals surface area contributed by atoms with Crippen LogP contribution in [-0.4, -0.2) is 27.2 Å². The summed E-state index contributed by atoms with van der Waals surface area (Å²) in [7, 11) is 0. The first-order valence-electron chi connectivity index (χ1n) is 6.70. The summed E-state index contributed by atoms with van der Waals surface area (Å²) in [5.41, 5.74) is 1.08. The molecule has 20 heavy (non-hydrogen) atoms. The summed E-state index contributed by atoms with van der Waals surface area (Å²) in [6, 6.07) is 4.57. The molecule has 2 aromatic heterocycles. The third kappa shape index (κ3) is 1.84. The molecule has 0 radical (unpaired) electrons. The van der Waals surface area contributed by atoms with Crippen LogP contribution in [0.1, 0.15) is 30.8 Å². The van der Waals surface area contributed by atoms with E-state index in [2.05, 4.69) is 15.6 Å². The number of pyridine rings is 1. The van der Waals surface area contributed by atoms with E-state index in [1.54, 1.807) is 16.7 Å². The van der Waals surface area contributed by atoms with Crippen molar-refractivity contribution in [2.24, 2.45) is 5.92 Å². The van der Waals surface area contributed by atoms with Crippen LogP contribution in [0.4, 0.5) is 10.6 Å². The zero-order valence-electron chi connectivity index (χ0n) is 11.4. The molecule has 0 bridgehead atoms. The summed E-state index contributed by atoms with van der Waals surface area (Å²) >= 11 is 0. The Balaban J connectivity index is 2.18. The quantitative estimate of drug-likeness (QED) is 0.878. The number of aromatic nitrogens is 2. The van der Waals surface area contributed by atoms with E-state index >= 15 is 0 Å². The number of anilines is 1. The number of fused-ring (bicyclic) bond motifs is 3. The van der Waals surface area contributed by atoms with E-state index in [9.17, 15) is 9.59 Å². The van der Waals surface area contributed by atoms with Crippen LogP contribution in [0.3, 0.4) is 0 Å². The van der Waals surface area contributed by atoms with E-state index in [0.29, 0.717) is 17.2 Å². The average molecular weight is 272 g/mol. The molecule has 0 saturated heterocycles. The molecule has 2 amide bonds. The minimum absolute atomic E-state index is 0.0634. The molecule has 0 aromatic carbocycles. The third-order valence-corrected chi connectivity index (χ3v) is 3.78. The Kier molecular flexibility index (Phi) is 2.93. The number of Topliss-reactive ketones (excluding diaryl/α,β-unsaturated/α-hetero) is 1. The number of nitrogens with one attached hydrogen (secondary N) is 2. The molecule has 3 rings (SSSR count). The molecule has 0 spiro atoms. The van der Waals surface area contributed by atoms with Gasteiger partial charge in [-0.2, -0.15) is 0 Å². The van der Waals surface area contributed by atoms with Gasteiger partial charge in [-0.25, -0.2) is 9.78 Å². The first-order chi connectivity index (χ1) is 9.61. The fourth-order valence-electron chi connectivity index (χ4n) is 2.45. The second-order valence-corrected chi connectivity index (χ2v) is 5.06. The molecule has 2 N–H and O–H groups in total. The number of hydrogen-bond acceptors (Lipinski definition) is 3. The first kappa shape index (κ1) is 12.7. The molecule has 6 heteroatoms. The van der Waals surface area contributed by atoms with Gasteiger partial charge in [-0.15, -0.1) is 0 Å². The van der Waals surface area contributed by atoms with Gasteiger partial charge in [-0.1, -0.05) is 26.3 Å². The molecule has 104 valence electrons. The average Bonchev–Trinajstić information content (AvgIpc) is 2.75. The van der Waals surface area contributed by atoms with Crippen molar-refractivity contribution in [3.05, 3.63) is 30.1 Å². The van der Waals surface area contributed by atoms with Crippen LogP contribution < -0.4 is 10.6 Å². The molecule has 2 atom stereocenters. The van der Waals surface area contributed by atoms with E-state index in [1.807, 2.05) is 26.0 Å². The van der Waals surface area contributed by atoms with E-state index in [1.165, 1.54) is 0 Å². The molecule has 0 aliphatic carbocycles. The maximum atomic E-state index is 12.7. The SMILES string of the molecule is CC[C@@H](C)[C@H]1NC(=O)Nc2nc3ccccn3c2C1=O. The number of carbonyl (C=O) groups excluding carboxylic acids is 2. The van der Waals surface area contributed by atoms with E-state index < -0.39 is 6.04 Å². The number of amides is 2. The van der Waals surface area contributed by atoms with Gasteiger partial charge in [-0.05, 0) is 18.1 Å². The number of imidazole rings is 1. The van der Waals surface area contributed by atoms with Crippen molar-refractivity contribution < 1.29 is 9.59 Å². The van der Waals surface area contributed by atoms with E-state index in [-0.39, 0.29) is 17.7 Å². The van der Waals surface area contributed by atoms with Crippen molar-refractivity contribution in [3.8, 4) is 0 Å². The lowest BCUT2D eigenvalue weighted by Crippen LogP contribution is -2.44. The van der Waals surface area contributed by atoms with Gasteiger partial charge >= 0.3 is 6.03 Å². The van der Waals surface area contributed by atoms with Gasteiger partial charge in [0.2, 0.25) is 5.78 Å². The maximum absolute atomic E-state index is 12.7. The number of hydrogen-bond donors (Lipinski definition) is 2. The van der Waals surface area contributed by atoms with Gasteiger partial charge in [0, 0.05) is 6.20 Å². The van der Waals surface area contributed by atoms with Gasteiger partial charge in [0.15, 0.2) is 5.82 Å². The number of ketones is 1. The summed E-state index contributed by atoms with van der Waals surface area (Å²) in [6.45, 7) is 3.95. The Labute approximate surface area is 116 Å². The summed E-state index contributed by atoms with van der Waals surface area (Å²) < 4.78 is 1.72. The van der Waals surface area contributed by atoms with Gasteiger partial charge in [0.25, 0.3) is 0 Å². The molecule has 6 nitrogen and oxygen atoms in total. The van der Waals surface area contributed by atoms with Crippen LogP contribution in [0.2, 0.25) is 0 Å². The fourth-order valence-corrected chi connectivity index (χ4v) is 2.45. The highest BCUT2D eigenvalue weighted by molar-refractivity contribution is 6.10. The number of urea groups is 1. The molecule has 0 saturated carbocycles. The summed E-state index contributed by atoms with van der Waals surface area (Å²) in [5.74, 6) is 0.282. The van der Waals surface area contributed by atoms with Crippen molar-refractivity contribution >= 4 is 23.3 Å². The maximum Gasteiger partial charge on any atom is 0.321 e. The van der Waals surface area contributed by atoms with Gasteiger partial charge in [-0.3, -0.25) is 14.5 Å². The topological polar surface area (TPSA) is 75.5 Å². The van der Waals surface area contributed by atoms with Crippen LogP contribution in [-0.2, 0) is 0 Å². The van der Waals surface area contributed by atoms with Crippen LogP contribution >= 0.6 is 0 Å². The Hall–Kier alpha value is -2.37. The summed E-state index contributed by atoms with van der Waals surface area (Å²) in [5, 5.41) is 5.37. The lowest BCUT2D eigenvalue weighted by Gasteiger charge is -2.20. The molecular weight excluding hydrogens is 256 g/mol. The normalized spacial score (nSPS) is 20.0.